The highest BCUT2D eigenvalue weighted by Crippen LogP contribution is 2.33. The summed E-state index contributed by atoms with van der Waals surface area (Å²) in [4.78, 5) is 91.5. The zero-order valence-corrected chi connectivity index (χ0v) is 38.2. The predicted octanol–water partition coefficient (Wildman–Crippen LogP) is 4.25. The van der Waals surface area contributed by atoms with Crippen molar-refractivity contribution >= 4 is 35.5 Å². The number of hydrogen-bond acceptors (Lipinski definition) is 9. The van der Waals surface area contributed by atoms with Gasteiger partial charge in [0.05, 0.1) is 19.1 Å². The second-order valence-corrected chi connectivity index (χ2v) is 18.9. The van der Waals surface area contributed by atoms with Gasteiger partial charge in [0.25, 0.3) is 0 Å². The number of piperidine rings is 1. The van der Waals surface area contributed by atoms with Gasteiger partial charge in [0.2, 0.25) is 29.5 Å². The van der Waals surface area contributed by atoms with Crippen LogP contribution in [-0.4, -0.2) is 137 Å². The molecule has 0 spiro atoms. The molecule has 6 rings (SSSR count). The molecule has 8 atom stereocenters. The Balaban J connectivity index is 1.50. The average molecular weight is 860 g/mol. The fourth-order valence-electron chi connectivity index (χ4n) is 8.92. The lowest BCUT2D eigenvalue weighted by molar-refractivity contribution is -0.165. The molecule has 14 nitrogen and oxygen atoms in total. The molecule has 4 heterocycles. The Morgan fingerprint density at radius 1 is 0.758 bits per heavy atom. The lowest BCUT2D eigenvalue weighted by Crippen LogP contribution is -2.59. The summed E-state index contributed by atoms with van der Waals surface area (Å²) < 4.78 is 11.6. The van der Waals surface area contributed by atoms with Gasteiger partial charge in [-0.25, -0.2) is 4.79 Å². The maximum absolute atomic E-state index is 14.8. The van der Waals surface area contributed by atoms with Gasteiger partial charge in [0.1, 0.15) is 36.0 Å². The molecule has 4 saturated heterocycles. The van der Waals surface area contributed by atoms with E-state index in [0.29, 0.717) is 63.9 Å². The van der Waals surface area contributed by atoms with E-state index in [1.807, 2.05) is 70.2 Å². The number of nitrogens with one attached hydrogen (secondary N) is 1. The Morgan fingerprint density at radius 2 is 1.39 bits per heavy atom. The Morgan fingerprint density at radius 3 is 2.00 bits per heavy atom. The Hall–Kier alpha value is -4.98. The molecule has 4 fully saturated rings. The van der Waals surface area contributed by atoms with Crippen molar-refractivity contribution in [1.29, 1.82) is 0 Å². The molecular formula is C48H69N5O9. The maximum atomic E-state index is 14.8. The van der Waals surface area contributed by atoms with Crippen LogP contribution < -0.4 is 10.1 Å². The highest BCUT2D eigenvalue weighted by atomic mass is 16.5. The van der Waals surface area contributed by atoms with E-state index in [-0.39, 0.29) is 30.6 Å². The average Bonchev–Trinajstić information content (AvgIpc) is 3.76. The van der Waals surface area contributed by atoms with Crippen LogP contribution in [0.15, 0.2) is 54.6 Å². The Kier molecular flexibility index (Phi) is 16.2. The van der Waals surface area contributed by atoms with Crippen molar-refractivity contribution in [2.24, 2.45) is 23.2 Å². The van der Waals surface area contributed by atoms with E-state index in [9.17, 15) is 33.9 Å². The first-order valence-corrected chi connectivity index (χ1v) is 22.3. The minimum Gasteiger partial charge on any atom is -0.497 e. The van der Waals surface area contributed by atoms with E-state index < -0.39 is 77.3 Å². The molecule has 0 radical (unpaired) electrons. The Bertz CT molecular complexity index is 1880. The van der Waals surface area contributed by atoms with E-state index in [4.69, 9.17) is 9.47 Å². The number of aliphatic hydroxyl groups is 1. The zero-order chi connectivity index (χ0) is 45.5. The number of benzene rings is 2. The number of amides is 5. The number of carbonyl (C=O) groups excluding carboxylic acids is 6. The molecule has 62 heavy (non-hydrogen) atoms. The monoisotopic (exact) mass is 860 g/mol. The van der Waals surface area contributed by atoms with Gasteiger partial charge in [0.15, 0.2) is 0 Å². The van der Waals surface area contributed by atoms with Gasteiger partial charge in [-0.3, -0.25) is 24.0 Å². The number of aliphatic hydroxyl groups excluding tert-OH is 1. The minimum atomic E-state index is -1.04. The smallest absolute Gasteiger partial charge is 0.329 e. The molecule has 4 aliphatic heterocycles. The lowest BCUT2D eigenvalue weighted by Gasteiger charge is -2.37. The third-order valence-electron chi connectivity index (χ3n) is 13.3. The number of fused-ring (bicyclic) bond motifs is 19. The summed E-state index contributed by atoms with van der Waals surface area (Å²) >= 11 is 0. The van der Waals surface area contributed by atoms with Crippen LogP contribution in [0, 0.1) is 23.2 Å². The van der Waals surface area contributed by atoms with Crippen molar-refractivity contribution < 1.29 is 43.3 Å². The molecule has 2 N–H and O–H groups in total. The van der Waals surface area contributed by atoms with Crippen LogP contribution in [0.25, 0.3) is 0 Å². The fourth-order valence-corrected chi connectivity index (χ4v) is 8.92. The summed E-state index contributed by atoms with van der Waals surface area (Å²) in [7, 11) is 4.63. The molecule has 0 aliphatic carbocycles. The first-order valence-electron chi connectivity index (χ1n) is 22.3. The highest BCUT2D eigenvalue weighted by Gasteiger charge is 2.44. The van der Waals surface area contributed by atoms with Crippen LogP contribution in [0.2, 0.25) is 0 Å². The van der Waals surface area contributed by atoms with Crippen molar-refractivity contribution in [3.63, 3.8) is 0 Å². The van der Waals surface area contributed by atoms with Crippen LogP contribution >= 0.6 is 0 Å². The fraction of sp³-hybridized carbons (Fsp3) is 0.625. The van der Waals surface area contributed by atoms with Gasteiger partial charge in [0, 0.05) is 52.5 Å². The van der Waals surface area contributed by atoms with E-state index in [2.05, 4.69) is 5.32 Å². The zero-order valence-electron chi connectivity index (χ0n) is 38.2. The molecule has 0 saturated carbocycles. The third-order valence-corrected chi connectivity index (χ3v) is 13.3. The first-order chi connectivity index (χ1) is 29.3. The lowest BCUT2D eigenvalue weighted by atomic mass is 9.81. The van der Waals surface area contributed by atoms with Gasteiger partial charge >= 0.3 is 5.97 Å². The number of hydrogen-bond donors (Lipinski definition) is 2. The van der Waals surface area contributed by atoms with E-state index in [0.717, 1.165) is 11.1 Å². The van der Waals surface area contributed by atoms with Gasteiger partial charge in [-0.1, -0.05) is 77.1 Å². The number of methoxy groups -OCH3 is 1. The molecule has 4 aliphatic rings. The van der Waals surface area contributed by atoms with E-state index in [1.165, 1.54) is 21.7 Å². The molecule has 2 aromatic rings. The van der Waals surface area contributed by atoms with Gasteiger partial charge in [-0.15, -0.1) is 0 Å². The van der Waals surface area contributed by atoms with Gasteiger partial charge in [-0.2, -0.15) is 0 Å². The summed E-state index contributed by atoms with van der Waals surface area (Å²) in [6, 6.07) is 12.6. The second kappa shape index (κ2) is 20.9. The van der Waals surface area contributed by atoms with Crippen LogP contribution in [0.3, 0.4) is 0 Å². The number of carbonyl (C=O) groups is 6. The summed E-state index contributed by atoms with van der Waals surface area (Å²) in [6.45, 7) is 12.2. The van der Waals surface area contributed by atoms with Crippen LogP contribution in [0.4, 0.5) is 0 Å². The van der Waals surface area contributed by atoms with Crippen LogP contribution in [0.5, 0.6) is 5.75 Å². The molecule has 0 unspecified atom stereocenters. The van der Waals surface area contributed by atoms with Crippen LogP contribution in [0.1, 0.15) is 91.2 Å². The first kappa shape index (κ1) is 48.1. The van der Waals surface area contributed by atoms with Crippen molar-refractivity contribution in [3.8, 4) is 5.75 Å². The Labute approximate surface area is 367 Å². The second-order valence-electron chi connectivity index (χ2n) is 18.9. The van der Waals surface area contributed by atoms with E-state index >= 15 is 0 Å². The van der Waals surface area contributed by atoms with Crippen molar-refractivity contribution in [1.82, 2.24) is 24.9 Å². The van der Waals surface area contributed by atoms with Crippen molar-refractivity contribution in [2.45, 2.75) is 129 Å². The SMILES string of the molecule is COc1ccc(C[C@@H]2NC(=O)C3CCN(CC3)C(=O)[C@@H](C)[C@@H](O)C[C@H](C)C[C@@H](C(C)(C)C)OC(=O)[C@@H]3CCCN3C(=O)[C@H](Cc3ccccc3)N(C)C(=O)[C@H](C)N(C)C2=O)cc1. The number of rotatable bonds is 5. The minimum absolute atomic E-state index is 0.119. The standard InChI is InChI=1S/C48H69N5O9/c1-30-26-40(54)31(2)43(56)52-24-21-35(22-25-52)42(55)49-37(28-34-17-19-36(61-9)20-18-34)45(58)50(7)32(3)44(57)51(8)39(29-33-14-11-10-12-15-33)46(59)53-23-13-16-38(53)47(60)62-41(27-30)48(4,5)6/h10-12,14-15,17-20,30-32,35,37-41,54H,13,16,21-29H2,1-9H3,(H,49,55)/t30-,31-,32-,37-,38-,39-,40-,41-/m0/s1. The molecule has 2 bridgehead atoms. The summed E-state index contributed by atoms with van der Waals surface area (Å²) in [5.74, 6) is -3.04. The molecule has 0 aromatic heterocycles. The van der Waals surface area contributed by atoms with Crippen molar-refractivity contribution in [2.75, 3.05) is 40.8 Å². The summed E-state index contributed by atoms with van der Waals surface area (Å²) in [5.41, 5.74) is 1.11. The number of esters is 1. The third kappa shape index (κ3) is 11.7. The maximum Gasteiger partial charge on any atom is 0.329 e. The van der Waals surface area contributed by atoms with E-state index in [1.54, 1.807) is 45.0 Å². The van der Waals surface area contributed by atoms with Crippen LogP contribution in [-0.2, 0) is 46.3 Å². The number of likely N-dealkylation sites (N-methyl/N-ethyl adjacent to an activating group) is 2. The molecular weight excluding hydrogens is 791 g/mol. The molecule has 2 aromatic carbocycles. The normalized spacial score (nSPS) is 29.5. The summed E-state index contributed by atoms with van der Waals surface area (Å²) in [6.07, 6.45) is 1.29. The number of ether oxygens (including phenoxy) is 2. The molecule has 14 heteroatoms. The topological polar surface area (TPSA) is 166 Å². The highest BCUT2D eigenvalue weighted by molar-refractivity contribution is 5.95. The number of nitrogens with zero attached hydrogens (tertiary/aromatic N) is 4. The summed E-state index contributed by atoms with van der Waals surface area (Å²) in [5, 5.41) is 14.3. The molecule has 340 valence electrons. The molecule has 5 amide bonds. The van der Waals surface area contributed by atoms with Gasteiger partial charge in [-0.05, 0) is 80.0 Å². The van der Waals surface area contributed by atoms with Crippen molar-refractivity contribution in [3.05, 3.63) is 65.7 Å². The predicted molar refractivity (Wildman–Crippen MR) is 235 cm³/mol. The van der Waals surface area contributed by atoms with Gasteiger partial charge < -0.3 is 39.5 Å². The largest absolute Gasteiger partial charge is 0.497 e. The quantitative estimate of drug-likeness (QED) is 0.330.